The predicted octanol–water partition coefficient (Wildman–Crippen LogP) is 1.80. The molecule has 0 aromatic rings. The zero-order chi connectivity index (χ0) is 12.1. The second kappa shape index (κ2) is 6.36. The number of amides is 1. The summed E-state index contributed by atoms with van der Waals surface area (Å²) in [6.45, 7) is 1.02. The van der Waals surface area contributed by atoms with Crippen molar-refractivity contribution in [3.05, 3.63) is 12.2 Å². The molecule has 17 heavy (non-hydrogen) atoms. The highest BCUT2D eigenvalue weighted by Crippen LogP contribution is 2.24. The van der Waals surface area contributed by atoms with Crippen LogP contribution in [0.25, 0.3) is 0 Å². The first-order valence-electron chi connectivity index (χ1n) is 6.41. The van der Waals surface area contributed by atoms with E-state index in [-0.39, 0.29) is 12.5 Å². The maximum Gasteiger partial charge on any atom is 0.413 e. The molecule has 94 valence electrons. The summed E-state index contributed by atoms with van der Waals surface area (Å²) in [7, 11) is 0. The van der Waals surface area contributed by atoms with Gasteiger partial charge < -0.3 is 5.11 Å². The van der Waals surface area contributed by atoms with Crippen molar-refractivity contribution in [2.45, 2.75) is 32.1 Å². The Hall–Kier alpha value is -0.610. The Morgan fingerprint density at radius 3 is 2.76 bits per heavy atom. The minimum Gasteiger partial charge on any atom is -0.396 e. The lowest BCUT2D eigenvalue weighted by molar-refractivity contribution is -0.447. The van der Waals surface area contributed by atoms with Crippen molar-refractivity contribution in [2.75, 3.05) is 18.9 Å². The number of hydrogen-bond donors (Lipinski definition) is 1. The SMILES string of the molecule is O=C1C=CC(SCCO)=[N+]1CC1CCCCC1. The molecule has 0 saturated heterocycles. The molecule has 0 radical (unpaired) electrons. The maximum atomic E-state index is 11.8. The zero-order valence-corrected chi connectivity index (χ0v) is 10.9. The summed E-state index contributed by atoms with van der Waals surface area (Å²) in [4.78, 5) is 11.8. The Kier molecular flexibility index (Phi) is 4.80. The molecule has 0 spiro atoms. The lowest BCUT2D eigenvalue weighted by atomic mass is 9.89. The summed E-state index contributed by atoms with van der Waals surface area (Å²) in [6.07, 6.45) is 9.98. The molecule has 0 aromatic carbocycles. The maximum absolute atomic E-state index is 11.8. The van der Waals surface area contributed by atoms with Crippen LogP contribution in [-0.2, 0) is 4.79 Å². The van der Waals surface area contributed by atoms with Crippen LogP contribution >= 0.6 is 11.8 Å². The highest BCUT2D eigenvalue weighted by molar-refractivity contribution is 8.14. The van der Waals surface area contributed by atoms with Crippen molar-refractivity contribution in [3.63, 3.8) is 0 Å². The van der Waals surface area contributed by atoms with Crippen LogP contribution in [0.1, 0.15) is 32.1 Å². The third kappa shape index (κ3) is 3.42. The fraction of sp³-hybridized carbons (Fsp3) is 0.692. The zero-order valence-electron chi connectivity index (χ0n) is 10.1. The Labute approximate surface area is 107 Å². The van der Waals surface area contributed by atoms with Gasteiger partial charge in [0, 0.05) is 17.7 Å². The number of aliphatic hydroxyl groups excluding tert-OH is 1. The van der Waals surface area contributed by atoms with Crippen molar-refractivity contribution in [2.24, 2.45) is 5.92 Å². The molecule has 2 aliphatic rings. The third-order valence-electron chi connectivity index (χ3n) is 3.41. The lowest BCUT2D eigenvalue weighted by Crippen LogP contribution is -2.27. The quantitative estimate of drug-likeness (QED) is 0.778. The highest BCUT2D eigenvalue weighted by Gasteiger charge is 2.29. The van der Waals surface area contributed by atoms with Gasteiger partial charge in [-0.1, -0.05) is 31.0 Å². The van der Waals surface area contributed by atoms with Gasteiger partial charge in [-0.3, -0.25) is 0 Å². The molecule has 3 nitrogen and oxygen atoms in total. The van der Waals surface area contributed by atoms with Gasteiger partial charge in [0.1, 0.15) is 0 Å². The minimum atomic E-state index is 0.107. The molecule has 0 atom stereocenters. The van der Waals surface area contributed by atoms with Gasteiger partial charge in [0.25, 0.3) is 0 Å². The van der Waals surface area contributed by atoms with Crippen LogP contribution in [0.3, 0.4) is 0 Å². The molecule has 1 fully saturated rings. The molecule has 0 aromatic heterocycles. The van der Waals surface area contributed by atoms with Crippen molar-refractivity contribution in [3.8, 4) is 0 Å². The van der Waals surface area contributed by atoms with Crippen molar-refractivity contribution >= 4 is 22.7 Å². The summed E-state index contributed by atoms with van der Waals surface area (Å²) >= 11 is 1.57. The van der Waals surface area contributed by atoms with E-state index in [1.807, 2.05) is 10.7 Å². The molecule has 1 aliphatic carbocycles. The van der Waals surface area contributed by atoms with E-state index < -0.39 is 0 Å². The summed E-state index contributed by atoms with van der Waals surface area (Å²) in [5.74, 6) is 1.43. The van der Waals surface area contributed by atoms with Gasteiger partial charge in [0.05, 0.1) is 12.7 Å². The predicted molar refractivity (Wildman–Crippen MR) is 70.4 cm³/mol. The van der Waals surface area contributed by atoms with Crippen LogP contribution in [0.15, 0.2) is 12.2 Å². The molecule has 1 amide bonds. The number of aliphatic hydroxyl groups is 1. The molecule has 1 heterocycles. The average molecular weight is 254 g/mol. The summed E-state index contributed by atoms with van der Waals surface area (Å²) in [6, 6.07) is 0. The number of carbonyl (C=O) groups excluding carboxylic acids is 1. The standard InChI is InChI=1S/C13H20NO2S/c15-8-9-17-13-7-6-12(16)14(13)10-11-4-2-1-3-5-11/h6-7,11,15H,1-5,8-10H2/q+1. The minimum absolute atomic E-state index is 0.107. The van der Waals surface area contributed by atoms with Crippen LogP contribution in [0.5, 0.6) is 0 Å². The summed E-state index contributed by atoms with van der Waals surface area (Å²) < 4.78 is 1.89. The average Bonchev–Trinajstić information content (AvgIpc) is 2.70. The first-order chi connectivity index (χ1) is 8.31. The van der Waals surface area contributed by atoms with E-state index in [2.05, 4.69) is 0 Å². The van der Waals surface area contributed by atoms with E-state index in [4.69, 9.17) is 5.11 Å². The fourth-order valence-corrected chi connectivity index (χ4v) is 3.30. The van der Waals surface area contributed by atoms with E-state index >= 15 is 0 Å². The molecule has 0 unspecified atom stereocenters. The van der Waals surface area contributed by atoms with Gasteiger partial charge in [0.15, 0.2) is 6.54 Å². The number of rotatable bonds is 4. The Morgan fingerprint density at radius 2 is 2.06 bits per heavy atom. The lowest BCUT2D eigenvalue weighted by Gasteiger charge is -2.18. The number of hydrogen-bond acceptors (Lipinski definition) is 3. The van der Waals surface area contributed by atoms with Gasteiger partial charge in [-0.15, -0.1) is 0 Å². The van der Waals surface area contributed by atoms with Crippen LogP contribution in [0.2, 0.25) is 0 Å². The molecule has 1 N–H and O–H groups in total. The van der Waals surface area contributed by atoms with Crippen molar-refractivity contribution in [1.82, 2.24) is 0 Å². The van der Waals surface area contributed by atoms with Gasteiger partial charge in [-0.05, 0) is 12.8 Å². The molecule has 0 bridgehead atoms. The normalized spacial score (nSPS) is 21.6. The van der Waals surface area contributed by atoms with Crippen molar-refractivity contribution in [1.29, 1.82) is 0 Å². The fourth-order valence-electron chi connectivity index (χ4n) is 2.52. The van der Waals surface area contributed by atoms with Gasteiger partial charge in [0.2, 0.25) is 5.04 Å². The highest BCUT2D eigenvalue weighted by atomic mass is 32.2. The second-order valence-corrected chi connectivity index (χ2v) is 5.81. The monoisotopic (exact) mass is 254 g/mol. The largest absolute Gasteiger partial charge is 0.413 e. The van der Waals surface area contributed by atoms with Crippen LogP contribution in [0.4, 0.5) is 0 Å². The number of thioether (sulfide) groups is 1. The van der Waals surface area contributed by atoms with Crippen LogP contribution in [-0.4, -0.2) is 39.5 Å². The number of carbonyl (C=O) groups is 1. The Morgan fingerprint density at radius 1 is 1.29 bits per heavy atom. The molecule has 1 aliphatic heterocycles. The van der Waals surface area contributed by atoms with E-state index in [1.165, 1.54) is 32.1 Å². The Bertz CT molecular complexity index is 343. The molecule has 2 rings (SSSR count). The summed E-state index contributed by atoms with van der Waals surface area (Å²) in [5.41, 5.74) is 0. The Balaban J connectivity index is 1.97. The molecular weight excluding hydrogens is 234 g/mol. The third-order valence-corrected chi connectivity index (χ3v) is 4.45. The van der Waals surface area contributed by atoms with Gasteiger partial charge in [-0.25, -0.2) is 4.79 Å². The summed E-state index contributed by atoms with van der Waals surface area (Å²) in [5, 5.41) is 9.85. The number of nitrogens with zero attached hydrogens (tertiary/aromatic N) is 1. The van der Waals surface area contributed by atoms with Gasteiger partial charge in [-0.2, -0.15) is 4.58 Å². The van der Waals surface area contributed by atoms with E-state index in [1.54, 1.807) is 17.8 Å². The van der Waals surface area contributed by atoms with Crippen molar-refractivity contribution < 1.29 is 14.5 Å². The molecule has 4 heteroatoms. The topological polar surface area (TPSA) is 40.3 Å². The molecule has 1 saturated carbocycles. The van der Waals surface area contributed by atoms with E-state index in [0.29, 0.717) is 11.7 Å². The first kappa shape index (κ1) is 12.8. The van der Waals surface area contributed by atoms with Gasteiger partial charge >= 0.3 is 5.91 Å². The smallest absolute Gasteiger partial charge is 0.396 e. The van der Waals surface area contributed by atoms with E-state index in [9.17, 15) is 4.79 Å². The second-order valence-electron chi connectivity index (χ2n) is 4.70. The van der Waals surface area contributed by atoms with Crippen LogP contribution in [0, 0.1) is 5.92 Å². The first-order valence-corrected chi connectivity index (χ1v) is 7.40. The van der Waals surface area contributed by atoms with E-state index in [0.717, 1.165) is 11.6 Å². The molecular formula is C13H20NO2S+. The van der Waals surface area contributed by atoms with Crippen LogP contribution < -0.4 is 0 Å².